The van der Waals surface area contributed by atoms with Crippen molar-refractivity contribution in [3.63, 3.8) is 0 Å². The van der Waals surface area contributed by atoms with Crippen molar-refractivity contribution in [3.8, 4) is 0 Å². The fourth-order valence-corrected chi connectivity index (χ4v) is 1.05. The van der Waals surface area contributed by atoms with E-state index in [1.54, 1.807) is 6.92 Å². The number of anilines is 1. The van der Waals surface area contributed by atoms with E-state index in [4.69, 9.17) is 10.8 Å². The van der Waals surface area contributed by atoms with Gasteiger partial charge < -0.3 is 16.2 Å². The van der Waals surface area contributed by atoms with Crippen molar-refractivity contribution < 1.29 is 9.90 Å². The van der Waals surface area contributed by atoms with E-state index in [2.05, 4.69) is 5.32 Å². The number of rotatable bonds is 4. The summed E-state index contributed by atoms with van der Waals surface area (Å²) in [6, 6.07) is 6.80. The number of carboxylic acid groups (broad SMARTS) is 1. The van der Waals surface area contributed by atoms with E-state index in [9.17, 15) is 4.79 Å². The molecule has 0 fully saturated rings. The van der Waals surface area contributed by atoms with Crippen molar-refractivity contribution in [2.45, 2.75) is 19.5 Å². The topological polar surface area (TPSA) is 75.3 Å². The quantitative estimate of drug-likeness (QED) is 0.669. The molecule has 1 aromatic carbocycles. The van der Waals surface area contributed by atoms with Crippen molar-refractivity contribution in [1.29, 1.82) is 0 Å². The summed E-state index contributed by atoms with van der Waals surface area (Å²) in [7, 11) is 0. The van der Waals surface area contributed by atoms with Crippen molar-refractivity contribution in [1.82, 2.24) is 0 Å². The number of benzene rings is 1. The van der Waals surface area contributed by atoms with Gasteiger partial charge in [-0.2, -0.15) is 0 Å². The van der Waals surface area contributed by atoms with E-state index in [1.165, 1.54) is 0 Å². The zero-order chi connectivity index (χ0) is 10.6. The summed E-state index contributed by atoms with van der Waals surface area (Å²) in [4.78, 5) is 10.5. The minimum atomic E-state index is -0.868. The fourth-order valence-electron chi connectivity index (χ4n) is 1.05. The second-order valence-electron chi connectivity index (χ2n) is 3.11. The number of nitrogens with two attached hydrogens (primary N) is 1. The first-order valence-electron chi connectivity index (χ1n) is 4.42. The summed E-state index contributed by atoms with van der Waals surface area (Å²) >= 11 is 0. The van der Waals surface area contributed by atoms with Gasteiger partial charge in [0.25, 0.3) is 0 Å². The Morgan fingerprint density at radius 2 is 2.07 bits per heavy atom. The predicted octanol–water partition coefficient (Wildman–Crippen LogP) is 1.03. The number of aliphatic carboxylic acids is 1. The number of nitrogens with one attached hydrogen (secondary N) is 1. The fraction of sp³-hybridized carbons (Fsp3) is 0.300. The highest BCUT2D eigenvalue weighted by atomic mass is 16.4. The molecule has 0 saturated carbocycles. The molecule has 0 bridgehead atoms. The molecule has 1 rings (SSSR count). The van der Waals surface area contributed by atoms with Gasteiger partial charge in [-0.15, -0.1) is 0 Å². The van der Waals surface area contributed by atoms with Gasteiger partial charge in [0, 0.05) is 12.2 Å². The lowest BCUT2D eigenvalue weighted by Crippen LogP contribution is -2.25. The molecule has 0 aliphatic rings. The second kappa shape index (κ2) is 4.62. The third kappa shape index (κ3) is 2.74. The van der Waals surface area contributed by atoms with Crippen molar-refractivity contribution >= 4 is 11.7 Å². The molecule has 0 saturated heterocycles. The highest BCUT2D eigenvalue weighted by Gasteiger charge is 2.09. The molecule has 1 aromatic rings. The van der Waals surface area contributed by atoms with Crippen LogP contribution in [0.3, 0.4) is 0 Å². The van der Waals surface area contributed by atoms with Crippen LogP contribution in [0.5, 0.6) is 0 Å². The maximum absolute atomic E-state index is 10.5. The van der Waals surface area contributed by atoms with Crippen LogP contribution in [0.2, 0.25) is 0 Å². The number of carboxylic acids is 1. The largest absolute Gasteiger partial charge is 0.480 e. The molecule has 0 aliphatic heterocycles. The van der Waals surface area contributed by atoms with Crippen LogP contribution in [0.25, 0.3) is 0 Å². The number of hydrogen-bond donors (Lipinski definition) is 3. The predicted molar refractivity (Wildman–Crippen MR) is 55.1 cm³/mol. The van der Waals surface area contributed by atoms with Crippen LogP contribution in [-0.2, 0) is 11.3 Å². The zero-order valence-electron chi connectivity index (χ0n) is 8.03. The van der Waals surface area contributed by atoms with Crippen LogP contribution in [-0.4, -0.2) is 17.1 Å². The van der Waals surface area contributed by atoms with Gasteiger partial charge in [-0.3, -0.25) is 4.79 Å². The molecule has 4 heteroatoms. The molecule has 76 valence electrons. The lowest BCUT2D eigenvalue weighted by atomic mass is 10.2. The summed E-state index contributed by atoms with van der Waals surface area (Å²) in [6.07, 6.45) is 0. The molecule has 0 aromatic heterocycles. The molecule has 0 radical (unpaired) electrons. The Bertz CT molecular complexity index is 308. The van der Waals surface area contributed by atoms with Crippen LogP contribution in [0.1, 0.15) is 12.5 Å². The monoisotopic (exact) mass is 194 g/mol. The molecule has 0 aliphatic carbocycles. The molecule has 0 spiro atoms. The molecule has 0 heterocycles. The Morgan fingerprint density at radius 3 is 2.50 bits per heavy atom. The Labute approximate surface area is 82.7 Å². The summed E-state index contributed by atoms with van der Waals surface area (Å²) in [5, 5.41) is 11.5. The molecule has 4 nitrogen and oxygen atoms in total. The smallest absolute Gasteiger partial charge is 0.325 e. The van der Waals surface area contributed by atoms with Crippen LogP contribution >= 0.6 is 0 Å². The summed E-state index contributed by atoms with van der Waals surface area (Å²) in [5.41, 5.74) is 7.25. The molecule has 14 heavy (non-hydrogen) atoms. The average molecular weight is 194 g/mol. The first kappa shape index (κ1) is 10.5. The second-order valence-corrected chi connectivity index (χ2v) is 3.11. The Balaban J connectivity index is 2.64. The zero-order valence-corrected chi connectivity index (χ0v) is 8.03. The van der Waals surface area contributed by atoms with Gasteiger partial charge in [0.05, 0.1) is 0 Å². The van der Waals surface area contributed by atoms with Gasteiger partial charge in [0.2, 0.25) is 0 Å². The van der Waals surface area contributed by atoms with E-state index >= 15 is 0 Å². The Kier molecular flexibility index (Phi) is 3.48. The summed E-state index contributed by atoms with van der Waals surface area (Å²) < 4.78 is 0. The molecule has 1 unspecified atom stereocenters. The lowest BCUT2D eigenvalue weighted by Gasteiger charge is -2.10. The minimum Gasteiger partial charge on any atom is -0.480 e. The van der Waals surface area contributed by atoms with Gasteiger partial charge in [-0.25, -0.2) is 0 Å². The molecule has 0 amide bonds. The maximum atomic E-state index is 10.5. The third-order valence-electron chi connectivity index (χ3n) is 1.94. The van der Waals surface area contributed by atoms with E-state index in [1.807, 2.05) is 24.3 Å². The van der Waals surface area contributed by atoms with Crippen LogP contribution < -0.4 is 11.1 Å². The van der Waals surface area contributed by atoms with Gasteiger partial charge >= 0.3 is 5.97 Å². The maximum Gasteiger partial charge on any atom is 0.325 e. The standard InChI is InChI=1S/C10H14N2O2/c1-7(10(13)14)12-9-4-2-8(6-11)3-5-9/h2-5,7,12H,6,11H2,1H3,(H,13,14). The van der Waals surface area contributed by atoms with Crippen molar-refractivity contribution in [3.05, 3.63) is 29.8 Å². The van der Waals surface area contributed by atoms with Crippen molar-refractivity contribution in [2.24, 2.45) is 5.73 Å². The number of carbonyl (C=O) groups is 1. The van der Waals surface area contributed by atoms with E-state index in [0.29, 0.717) is 6.54 Å². The van der Waals surface area contributed by atoms with Gasteiger partial charge in [-0.1, -0.05) is 12.1 Å². The highest BCUT2D eigenvalue weighted by molar-refractivity contribution is 5.76. The minimum absolute atomic E-state index is 0.495. The normalized spacial score (nSPS) is 12.1. The van der Waals surface area contributed by atoms with Gasteiger partial charge in [0.15, 0.2) is 0 Å². The first-order chi connectivity index (χ1) is 6.63. The van der Waals surface area contributed by atoms with E-state index < -0.39 is 12.0 Å². The SMILES string of the molecule is CC(Nc1ccc(CN)cc1)C(=O)O. The Hall–Kier alpha value is -1.55. The number of hydrogen-bond acceptors (Lipinski definition) is 3. The summed E-state index contributed by atoms with van der Waals surface area (Å²) in [5.74, 6) is -0.868. The Morgan fingerprint density at radius 1 is 1.50 bits per heavy atom. The first-order valence-corrected chi connectivity index (χ1v) is 4.42. The molecular formula is C10H14N2O2. The highest BCUT2D eigenvalue weighted by Crippen LogP contribution is 2.10. The average Bonchev–Trinajstić information content (AvgIpc) is 2.19. The summed E-state index contributed by atoms with van der Waals surface area (Å²) in [6.45, 7) is 2.09. The van der Waals surface area contributed by atoms with Crippen molar-refractivity contribution in [2.75, 3.05) is 5.32 Å². The van der Waals surface area contributed by atoms with E-state index in [0.717, 1.165) is 11.3 Å². The molecule has 1 atom stereocenters. The molecular weight excluding hydrogens is 180 g/mol. The third-order valence-corrected chi connectivity index (χ3v) is 1.94. The van der Waals surface area contributed by atoms with E-state index in [-0.39, 0.29) is 0 Å². The lowest BCUT2D eigenvalue weighted by molar-refractivity contribution is -0.137. The van der Waals surface area contributed by atoms with Crippen LogP contribution in [0, 0.1) is 0 Å². The van der Waals surface area contributed by atoms with Crippen LogP contribution in [0.4, 0.5) is 5.69 Å². The van der Waals surface area contributed by atoms with Gasteiger partial charge in [0.1, 0.15) is 6.04 Å². The van der Waals surface area contributed by atoms with Gasteiger partial charge in [-0.05, 0) is 24.6 Å². The van der Waals surface area contributed by atoms with Crippen LogP contribution in [0.15, 0.2) is 24.3 Å². The molecule has 4 N–H and O–H groups in total.